The van der Waals surface area contributed by atoms with Crippen LogP contribution in [0.1, 0.15) is 36.7 Å². The lowest BCUT2D eigenvalue weighted by molar-refractivity contribution is -0.144. The van der Waals surface area contributed by atoms with E-state index in [0.717, 1.165) is 31.7 Å². The monoisotopic (exact) mass is 453 g/mol. The van der Waals surface area contributed by atoms with E-state index in [4.69, 9.17) is 4.74 Å². The maximum Gasteiger partial charge on any atom is 0.313 e. The van der Waals surface area contributed by atoms with Crippen LogP contribution < -0.4 is 0 Å². The quantitative estimate of drug-likeness (QED) is 0.449. The van der Waals surface area contributed by atoms with Gasteiger partial charge >= 0.3 is 5.97 Å². The number of fused-ring (bicyclic) bond motifs is 1. The van der Waals surface area contributed by atoms with Crippen molar-refractivity contribution < 1.29 is 9.53 Å². The van der Waals surface area contributed by atoms with Crippen LogP contribution >= 0.6 is 22.6 Å². The Morgan fingerprint density at radius 3 is 2.76 bits per heavy atom. The summed E-state index contributed by atoms with van der Waals surface area (Å²) in [6.07, 6.45) is 1.93. The molecular weight excluding hydrogens is 433 g/mol. The highest BCUT2D eigenvalue weighted by atomic mass is 127. The Morgan fingerprint density at radius 2 is 2.08 bits per heavy atom. The fraction of sp³-hybridized carbons (Fsp3) is 0.412. The van der Waals surface area contributed by atoms with Crippen LogP contribution in [0.15, 0.2) is 12.3 Å². The normalized spacial score (nSPS) is 12.6. The van der Waals surface area contributed by atoms with E-state index in [1.807, 2.05) is 51.7 Å². The van der Waals surface area contributed by atoms with Crippen molar-refractivity contribution >= 4 is 39.6 Å². The minimum atomic E-state index is -0.365. The third-order valence-corrected chi connectivity index (χ3v) is 4.99. The molecular formula is C17H20IN5O2. The van der Waals surface area contributed by atoms with Gasteiger partial charge < -0.3 is 4.74 Å². The molecule has 0 amide bonds. The predicted molar refractivity (Wildman–Crippen MR) is 103 cm³/mol. The van der Waals surface area contributed by atoms with Crippen molar-refractivity contribution in [2.45, 2.75) is 33.6 Å². The standard InChI is InChI=1S/C17H20IN5O2/c1-6-25-17(24)9(2)14-11(4)23(20-15(14)18)13-7-12-8-22(5)21-16(12)19-10(13)3/h7-9H,6H2,1-5H3. The smallest absolute Gasteiger partial charge is 0.313 e. The zero-order valence-corrected chi connectivity index (χ0v) is 17.0. The van der Waals surface area contributed by atoms with Crippen LogP contribution in [0.25, 0.3) is 16.7 Å². The number of hydrogen-bond acceptors (Lipinski definition) is 5. The molecule has 0 radical (unpaired) electrons. The molecule has 8 heteroatoms. The molecule has 0 aromatic carbocycles. The maximum atomic E-state index is 12.2. The van der Waals surface area contributed by atoms with Gasteiger partial charge in [0.25, 0.3) is 0 Å². The van der Waals surface area contributed by atoms with Gasteiger partial charge in [-0.15, -0.1) is 0 Å². The van der Waals surface area contributed by atoms with Crippen LogP contribution in [-0.4, -0.2) is 37.1 Å². The molecule has 0 fully saturated rings. The van der Waals surface area contributed by atoms with Crippen molar-refractivity contribution in [1.29, 1.82) is 0 Å². The molecule has 0 aliphatic rings. The number of aromatic nitrogens is 5. The van der Waals surface area contributed by atoms with Gasteiger partial charge in [0, 0.05) is 29.9 Å². The minimum absolute atomic E-state index is 0.236. The molecule has 3 aromatic rings. The number of esters is 1. The number of rotatable bonds is 4. The molecule has 0 saturated carbocycles. The number of hydrogen-bond donors (Lipinski definition) is 0. The number of pyridine rings is 1. The summed E-state index contributed by atoms with van der Waals surface area (Å²) in [7, 11) is 1.87. The van der Waals surface area contributed by atoms with Crippen molar-refractivity contribution in [1.82, 2.24) is 24.5 Å². The summed E-state index contributed by atoms with van der Waals surface area (Å²) in [6.45, 7) is 7.93. The number of ether oxygens (including phenoxy) is 1. The lowest BCUT2D eigenvalue weighted by Gasteiger charge is -2.12. The van der Waals surface area contributed by atoms with Crippen molar-refractivity contribution in [2.24, 2.45) is 7.05 Å². The molecule has 3 rings (SSSR count). The average Bonchev–Trinajstić information content (AvgIpc) is 3.04. The van der Waals surface area contributed by atoms with Gasteiger partial charge in [-0.2, -0.15) is 10.2 Å². The Bertz CT molecular complexity index is 960. The van der Waals surface area contributed by atoms with Gasteiger partial charge in [0.05, 0.1) is 23.9 Å². The maximum absolute atomic E-state index is 12.2. The van der Waals surface area contributed by atoms with E-state index in [1.165, 1.54) is 0 Å². The summed E-state index contributed by atoms with van der Waals surface area (Å²) in [5.41, 5.74) is 4.24. The zero-order valence-electron chi connectivity index (χ0n) is 14.9. The number of carbonyl (C=O) groups is 1. The first-order valence-electron chi connectivity index (χ1n) is 8.06. The third kappa shape index (κ3) is 3.14. The molecule has 0 N–H and O–H groups in total. The lowest BCUT2D eigenvalue weighted by Crippen LogP contribution is -2.14. The summed E-state index contributed by atoms with van der Waals surface area (Å²) in [5, 5.41) is 9.94. The SMILES string of the molecule is CCOC(=O)C(C)c1c(I)nn(-c2cc3cn(C)nc3nc2C)c1C. The molecule has 7 nitrogen and oxygen atoms in total. The lowest BCUT2D eigenvalue weighted by atomic mass is 10.0. The molecule has 132 valence electrons. The second kappa shape index (κ2) is 6.74. The molecule has 0 aliphatic heterocycles. The number of carbonyl (C=O) groups excluding carboxylic acids is 1. The van der Waals surface area contributed by atoms with Crippen molar-refractivity contribution in [3.63, 3.8) is 0 Å². The molecule has 1 unspecified atom stereocenters. The van der Waals surface area contributed by atoms with E-state index in [9.17, 15) is 4.79 Å². The Morgan fingerprint density at radius 1 is 1.36 bits per heavy atom. The summed E-state index contributed by atoms with van der Waals surface area (Å²) in [4.78, 5) is 16.7. The van der Waals surface area contributed by atoms with E-state index < -0.39 is 0 Å². The topological polar surface area (TPSA) is 74.8 Å². The largest absolute Gasteiger partial charge is 0.466 e. The third-order valence-electron chi connectivity index (χ3n) is 4.19. The Hall–Kier alpha value is -1.97. The van der Waals surface area contributed by atoms with E-state index in [2.05, 4.69) is 37.8 Å². The summed E-state index contributed by atoms with van der Waals surface area (Å²) >= 11 is 2.17. The van der Waals surface area contributed by atoms with Gasteiger partial charge in [0.15, 0.2) is 5.65 Å². The molecule has 3 aromatic heterocycles. The first kappa shape index (κ1) is 17.8. The van der Waals surface area contributed by atoms with Gasteiger partial charge in [-0.25, -0.2) is 9.67 Å². The minimum Gasteiger partial charge on any atom is -0.466 e. The zero-order chi connectivity index (χ0) is 18.3. The van der Waals surface area contributed by atoms with E-state index in [0.29, 0.717) is 12.3 Å². The van der Waals surface area contributed by atoms with Crippen LogP contribution in [0.4, 0.5) is 0 Å². The highest BCUT2D eigenvalue weighted by Gasteiger charge is 2.26. The molecule has 3 heterocycles. The first-order valence-corrected chi connectivity index (χ1v) is 9.14. The van der Waals surface area contributed by atoms with Crippen LogP contribution in [0.5, 0.6) is 0 Å². The van der Waals surface area contributed by atoms with Gasteiger partial charge in [0.2, 0.25) is 0 Å². The van der Waals surface area contributed by atoms with Crippen molar-refractivity contribution in [3.05, 3.63) is 32.9 Å². The van der Waals surface area contributed by atoms with Gasteiger partial charge in [0.1, 0.15) is 3.70 Å². The fourth-order valence-corrected chi connectivity index (χ4v) is 4.03. The molecule has 0 saturated heterocycles. The van der Waals surface area contributed by atoms with E-state index >= 15 is 0 Å². The van der Waals surface area contributed by atoms with Gasteiger partial charge in [-0.05, 0) is 56.4 Å². The molecule has 0 bridgehead atoms. The average molecular weight is 453 g/mol. The van der Waals surface area contributed by atoms with Crippen molar-refractivity contribution in [3.8, 4) is 5.69 Å². The van der Waals surface area contributed by atoms with Gasteiger partial charge in [-0.1, -0.05) is 0 Å². The fourth-order valence-electron chi connectivity index (χ4n) is 2.96. The van der Waals surface area contributed by atoms with Crippen LogP contribution in [0.2, 0.25) is 0 Å². The Labute approximate surface area is 159 Å². The number of aryl methyl sites for hydroxylation is 2. The Kier molecular flexibility index (Phi) is 4.81. The van der Waals surface area contributed by atoms with Gasteiger partial charge in [-0.3, -0.25) is 9.48 Å². The second-order valence-corrected chi connectivity index (χ2v) is 7.01. The predicted octanol–water partition coefficient (Wildman–Crippen LogP) is 3.04. The highest BCUT2D eigenvalue weighted by molar-refractivity contribution is 14.1. The van der Waals surface area contributed by atoms with Crippen LogP contribution in [-0.2, 0) is 16.6 Å². The van der Waals surface area contributed by atoms with Crippen LogP contribution in [0, 0.1) is 17.5 Å². The van der Waals surface area contributed by atoms with E-state index in [1.54, 1.807) is 4.68 Å². The molecule has 1 atom stereocenters. The Balaban J connectivity index is 2.11. The molecule has 0 aliphatic carbocycles. The number of nitrogens with zero attached hydrogens (tertiary/aromatic N) is 5. The second-order valence-electron chi connectivity index (χ2n) is 5.98. The van der Waals surface area contributed by atoms with Crippen LogP contribution in [0.3, 0.4) is 0 Å². The highest BCUT2D eigenvalue weighted by Crippen LogP contribution is 2.29. The molecule has 0 spiro atoms. The number of halogens is 1. The summed E-state index contributed by atoms with van der Waals surface area (Å²) in [5.74, 6) is -0.600. The van der Waals surface area contributed by atoms with E-state index in [-0.39, 0.29) is 11.9 Å². The first-order chi connectivity index (χ1) is 11.8. The van der Waals surface area contributed by atoms with Crippen molar-refractivity contribution in [2.75, 3.05) is 6.61 Å². The molecule has 25 heavy (non-hydrogen) atoms. The summed E-state index contributed by atoms with van der Waals surface area (Å²) in [6, 6.07) is 2.03. The summed E-state index contributed by atoms with van der Waals surface area (Å²) < 4.78 is 9.55.